The van der Waals surface area contributed by atoms with Crippen LogP contribution < -0.4 is 24.3 Å². The molecule has 0 aliphatic carbocycles. The van der Waals surface area contributed by atoms with Crippen LogP contribution in [0.15, 0.2) is 34.7 Å². The second-order valence-electron chi connectivity index (χ2n) is 16.2. The third-order valence-electron chi connectivity index (χ3n) is 12.9. The molecule has 4 bridgehead atoms. The van der Waals surface area contributed by atoms with Crippen LogP contribution >= 0.6 is 11.8 Å². The molecule has 2 fully saturated rings. The highest BCUT2D eigenvalue weighted by Gasteiger charge is 2.63. The van der Waals surface area contributed by atoms with Gasteiger partial charge >= 0.3 is 11.9 Å². The molecule has 3 aromatic carbocycles. The summed E-state index contributed by atoms with van der Waals surface area (Å²) >= 11 is 1.44. The number of thioether (sulfide) groups is 1. The number of carbonyl (C=O) groups is 2. The summed E-state index contributed by atoms with van der Waals surface area (Å²) in [5.74, 6) is 1.08. The number of hydrogen-bond acceptors (Lipinski definition) is 15. The molecule has 4 aromatic rings. The SMILES string of the molecule is COc1c(C)cc2c(c1O)[C@H]1[C@@H]3[C@@H]4SC[C@]5(N[C@H](CO)Cc6c5oc5ccccc65)C(=O)OCC[C@@H](c5c6c(c(C)c(OC(C)=O)c54)OCO6)N3C(O)(C2)CN1C. The standard InChI is InChI=1S/C42H45N3O11S/c1-19-12-22-14-41(50)16-44(4)31(28(22)33(48)34(19)51-5)32-38-30-29(37-36(53-18-54-37)20(2)35(30)55-21(3)47)26(45(32)41)10-11-52-40(49)42(17-57-38)39-25(13-23(15-46)43-42)24-8-6-7-9-27(24)56-39/h6-9,12,23,26,31-32,38,43,46,48,50H,10-11,13-18H2,1-5H3/t23-,26-,31-,32+,38+,41?,42+/m0/s1. The van der Waals surface area contributed by atoms with Gasteiger partial charge in [-0.05, 0) is 44.5 Å². The molecule has 12 rings (SSSR count). The van der Waals surface area contributed by atoms with Crippen LogP contribution in [0.3, 0.4) is 0 Å². The summed E-state index contributed by atoms with van der Waals surface area (Å²) in [6.45, 7) is 4.97. The number of rotatable bonds is 3. The van der Waals surface area contributed by atoms with Crippen LogP contribution in [-0.4, -0.2) is 101 Å². The first-order valence-corrected chi connectivity index (χ1v) is 20.4. The Morgan fingerprint density at radius 1 is 1.11 bits per heavy atom. The quantitative estimate of drug-likeness (QED) is 0.172. The first kappa shape index (κ1) is 36.8. The number of likely N-dealkylation sites (N-methyl/N-ethyl adjacent to an activating group) is 1. The van der Waals surface area contributed by atoms with Crippen LogP contribution in [0.1, 0.15) is 75.4 Å². The summed E-state index contributed by atoms with van der Waals surface area (Å²) in [6, 6.07) is 7.40. The van der Waals surface area contributed by atoms with Crippen molar-refractivity contribution in [3.63, 3.8) is 0 Å². The van der Waals surface area contributed by atoms with Crippen molar-refractivity contribution < 1.29 is 53.0 Å². The minimum atomic E-state index is -1.54. The normalized spacial score (nSPS) is 31.2. The maximum atomic E-state index is 14.8. The van der Waals surface area contributed by atoms with Crippen LogP contribution in [-0.2, 0) is 32.7 Å². The van der Waals surface area contributed by atoms with Gasteiger partial charge in [-0.15, -0.1) is 11.8 Å². The van der Waals surface area contributed by atoms with Crippen molar-refractivity contribution in [2.75, 3.05) is 46.5 Å². The fraction of sp³-hybridized carbons (Fsp3) is 0.476. The Kier molecular flexibility index (Phi) is 8.39. The fourth-order valence-corrected chi connectivity index (χ4v) is 12.5. The number of ether oxygens (including phenoxy) is 5. The Labute approximate surface area is 332 Å². The number of carbonyl (C=O) groups excluding carboxylic acids is 2. The molecule has 2 saturated heterocycles. The van der Waals surface area contributed by atoms with E-state index < -0.39 is 52.6 Å². The Morgan fingerprint density at radius 2 is 1.89 bits per heavy atom. The molecule has 57 heavy (non-hydrogen) atoms. The molecule has 9 heterocycles. The summed E-state index contributed by atoms with van der Waals surface area (Å²) in [5.41, 5.74) is 2.59. The number of aryl methyl sites for hydroxylation is 1. The van der Waals surface area contributed by atoms with Crippen molar-refractivity contribution >= 4 is 34.7 Å². The Balaban J connectivity index is 1.26. The van der Waals surface area contributed by atoms with Crippen LogP contribution in [0.2, 0.25) is 0 Å². The molecule has 0 radical (unpaired) electrons. The van der Waals surface area contributed by atoms with Gasteiger partial charge < -0.3 is 43.4 Å². The molecule has 8 aliphatic rings. The van der Waals surface area contributed by atoms with Crippen LogP contribution in [0, 0.1) is 13.8 Å². The highest BCUT2D eigenvalue weighted by Crippen LogP contribution is 2.65. The van der Waals surface area contributed by atoms with E-state index in [-0.39, 0.29) is 50.9 Å². The number of esters is 2. The van der Waals surface area contributed by atoms with E-state index in [0.29, 0.717) is 63.0 Å². The zero-order valence-electron chi connectivity index (χ0n) is 32.3. The van der Waals surface area contributed by atoms with Crippen molar-refractivity contribution in [1.29, 1.82) is 0 Å². The predicted molar refractivity (Wildman–Crippen MR) is 207 cm³/mol. The lowest BCUT2D eigenvalue weighted by molar-refractivity contribution is -0.209. The Bertz CT molecular complexity index is 2380. The number of aliphatic hydroxyl groups is 2. The minimum Gasteiger partial charge on any atom is -0.504 e. The van der Waals surface area contributed by atoms with Crippen molar-refractivity contribution in [1.82, 2.24) is 15.1 Å². The summed E-state index contributed by atoms with van der Waals surface area (Å²) < 4.78 is 37.2. The van der Waals surface area contributed by atoms with Gasteiger partial charge in [0.15, 0.2) is 28.5 Å². The molecule has 8 aliphatic heterocycles. The van der Waals surface area contributed by atoms with Gasteiger partial charge in [-0.2, -0.15) is 0 Å². The van der Waals surface area contributed by atoms with E-state index in [9.17, 15) is 24.9 Å². The number of benzene rings is 3. The number of aromatic hydroxyl groups is 1. The average molecular weight is 800 g/mol. The smallest absolute Gasteiger partial charge is 0.335 e. The number of nitrogens with one attached hydrogen (secondary N) is 1. The van der Waals surface area contributed by atoms with Crippen LogP contribution in [0.4, 0.5) is 0 Å². The van der Waals surface area contributed by atoms with Crippen molar-refractivity contribution in [3.8, 4) is 28.7 Å². The number of phenols is 1. The lowest BCUT2D eigenvalue weighted by Gasteiger charge is -2.60. The third-order valence-corrected chi connectivity index (χ3v) is 14.4. The van der Waals surface area contributed by atoms with E-state index in [2.05, 4.69) is 15.1 Å². The number of aliphatic hydroxyl groups excluding tert-OH is 1. The fourth-order valence-electron chi connectivity index (χ4n) is 10.9. The first-order valence-electron chi connectivity index (χ1n) is 19.3. The molecule has 1 aromatic heterocycles. The molecule has 8 atom stereocenters. The van der Waals surface area contributed by atoms with Gasteiger partial charge in [-0.25, -0.2) is 4.79 Å². The first-order chi connectivity index (χ1) is 27.4. The second kappa shape index (κ2) is 13.0. The van der Waals surface area contributed by atoms with E-state index in [1.54, 1.807) is 0 Å². The van der Waals surface area contributed by atoms with Crippen molar-refractivity contribution in [2.24, 2.45) is 0 Å². The topological polar surface area (TPSA) is 173 Å². The molecule has 0 saturated carbocycles. The maximum absolute atomic E-state index is 14.8. The number of furan rings is 1. The number of methoxy groups -OCH3 is 1. The molecule has 0 amide bonds. The van der Waals surface area contributed by atoms with E-state index in [4.69, 9.17) is 28.1 Å². The van der Waals surface area contributed by atoms with Gasteiger partial charge in [0.05, 0.1) is 31.6 Å². The number of nitrogens with zero attached hydrogens (tertiary/aromatic N) is 2. The van der Waals surface area contributed by atoms with Crippen molar-refractivity contribution in [3.05, 3.63) is 75.0 Å². The van der Waals surface area contributed by atoms with E-state index in [1.807, 2.05) is 51.2 Å². The van der Waals surface area contributed by atoms with Crippen LogP contribution in [0.5, 0.6) is 28.7 Å². The predicted octanol–water partition coefficient (Wildman–Crippen LogP) is 4.20. The van der Waals surface area contributed by atoms with Gasteiger partial charge in [0.2, 0.25) is 6.79 Å². The molecular formula is C42H45N3O11S. The lowest BCUT2D eigenvalue weighted by Crippen LogP contribution is -2.69. The monoisotopic (exact) mass is 799 g/mol. The number of phenolic OH excluding ortho intramolecular Hbond substituents is 1. The summed E-state index contributed by atoms with van der Waals surface area (Å²) in [5, 5.41) is 39.8. The third kappa shape index (κ3) is 5.08. The zero-order valence-corrected chi connectivity index (χ0v) is 33.2. The molecular weight excluding hydrogens is 755 g/mol. The lowest BCUT2D eigenvalue weighted by atomic mass is 9.77. The van der Waals surface area contributed by atoms with Crippen LogP contribution in [0.25, 0.3) is 11.0 Å². The van der Waals surface area contributed by atoms with Gasteiger partial charge in [0, 0.05) is 83.4 Å². The molecule has 14 nitrogen and oxygen atoms in total. The van der Waals surface area contributed by atoms with Gasteiger partial charge in [-0.3, -0.25) is 19.9 Å². The molecule has 2 unspecified atom stereocenters. The van der Waals surface area contributed by atoms with E-state index >= 15 is 0 Å². The average Bonchev–Trinajstić information content (AvgIpc) is 3.76. The zero-order chi connectivity index (χ0) is 39.7. The van der Waals surface area contributed by atoms with Gasteiger partial charge in [0.25, 0.3) is 0 Å². The summed E-state index contributed by atoms with van der Waals surface area (Å²) in [7, 11) is 3.48. The molecule has 15 heteroatoms. The van der Waals surface area contributed by atoms with Crippen molar-refractivity contribution in [2.45, 2.75) is 80.7 Å². The summed E-state index contributed by atoms with van der Waals surface area (Å²) in [6.07, 6.45) is 0.847. The number of para-hydroxylation sites is 1. The molecule has 4 N–H and O–H groups in total. The molecule has 1 spiro atoms. The minimum absolute atomic E-state index is 0.00886. The largest absolute Gasteiger partial charge is 0.504 e. The van der Waals surface area contributed by atoms with E-state index in [0.717, 1.165) is 22.1 Å². The number of piperazine rings is 1. The Morgan fingerprint density at radius 3 is 2.67 bits per heavy atom. The number of fused-ring (bicyclic) bond motifs is 9. The highest BCUT2D eigenvalue weighted by atomic mass is 32.2. The number of hydrogen-bond donors (Lipinski definition) is 4. The van der Waals surface area contributed by atoms with E-state index in [1.165, 1.54) is 25.8 Å². The Hall–Kier alpha value is -4.51. The van der Waals surface area contributed by atoms with Gasteiger partial charge in [-0.1, -0.05) is 24.3 Å². The maximum Gasteiger partial charge on any atom is 0.335 e. The highest BCUT2D eigenvalue weighted by molar-refractivity contribution is 7.99. The summed E-state index contributed by atoms with van der Waals surface area (Å²) in [4.78, 5) is 32.1. The second-order valence-corrected chi connectivity index (χ2v) is 17.3. The molecule has 300 valence electrons. The van der Waals surface area contributed by atoms with Gasteiger partial charge in [0.1, 0.15) is 22.8 Å².